The number of rotatable bonds is 3. The normalized spacial score (nSPS) is 24.6. The Labute approximate surface area is 126 Å². The average molecular weight is 369 g/mol. The van der Waals surface area contributed by atoms with Crippen LogP contribution in [0.2, 0.25) is 0 Å². The maximum Gasteiger partial charge on any atom is 0.188 e. The monoisotopic (exact) mass is 369 g/mol. The molecule has 1 heterocycles. The molecule has 0 atom stereocenters. The molecule has 0 aromatic heterocycles. The lowest BCUT2D eigenvalue weighted by atomic mass is 9.95. The van der Waals surface area contributed by atoms with Crippen LogP contribution < -0.4 is 11.1 Å². The topological polar surface area (TPSA) is 79.9 Å². The van der Waals surface area contributed by atoms with E-state index in [0.717, 1.165) is 0 Å². The molecule has 5 nitrogen and oxygen atoms in total. The van der Waals surface area contributed by atoms with Crippen LogP contribution in [0.15, 0.2) is 4.99 Å². The highest BCUT2D eigenvalue weighted by Crippen LogP contribution is 2.21. The molecule has 0 radical (unpaired) electrons. The van der Waals surface area contributed by atoms with Crippen LogP contribution in [0, 0.1) is 0 Å². The van der Waals surface area contributed by atoms with Crippen LogP contribution in [0.5, 0.6) is 0 Å². The van der Waals surface area contributed by atoms with Crippen molar-refractivity contribution in [3.63, 3.8) is 0 Å². The van der Waals surface area contributed by atoms with Crippen LogP contribution in [0.4, 0.5) is 0 Å². The molecule has 2 fully saturated rings. The van der Waals surface area contributed by atoms with Gasteiger partial charge in [-0.25, -0.2) is 0 Å². The molecule has 1 saturated carbocycles. The SMILES string of the molecule is I.NC(=NCC1(O)CCOCC1)NC1CCCC1. The van der Waals surface area contributed by atoms with Gasteiger partial charge in [0.2, 0.25) is 0 Å². The van der Waals surface area contributed by atoms with Gasteiger partial charge in [0.05, 0.1) is 12.1 Å². The van der Waals surface area contributed by atoms with Gasteiger partial charge < -0.3 is 20.9 Å². The number of hydrogen-bond acceptors (Lipinski definition) is 3. The van der Waals surface area contributed by atoms with Gasteiger partial charge in [-0.2, -0.15) is 0 Å². The minimum absolute atomic E-state index is 0. The predicted octanol–water partition coefficient (Wildman–Crippen LogP) is 0.993. The van der Waals surface area contributed by atoms with Crippen LogP contribution in [0.1, 0.15) is 38.5 Å². The molecule has 106 valence electrons. The summed E-state index contributed by atoms with van der Waals surface area (Å²) in [6.07, 6.45) is 6.18. The maximum atomic E-state index is 10.2. The first-order valence-electron chi connectivity index (χ1n) is 6.55. The van der Waals surface area contributed by atoms with Crippen molar-refractivity contribution in [2.75, 3.05) is 19.8 Å². The number of halogens is 1. The van der Waals surface area contributed by atoms with Crippen LogP contribution >= 0.6 is 24.0 Å². The quantitative estimate of drug-likeness (QED) is 0.394. The summed E-state index contributed by atoms with van der Waals surface area (Å²) in [7, 11) is 0. The highest BCUT2D eigenvalue weighted by atomic mass is 127. The van der Waals surface area contributed by atoms with E-state index in [-0.39, 0.29) is 24.0 Å². The molecule has 1 aliphatic heterocycles. The molecule has 1 aliphatic carbocycles. The molecule has 0 unspecified atom stereocenters. The van der Waals surface area contributed by atoms with E-state index in [0.29, 0.717) is 44.6 Å². The Morgan fingerprint density at radius 2 is 1.94 bits per heavy atom. The fraction of sp³-hybridized carbons (Fsp3) is 0.917. The van der Waals surface area contributed by atoms with Crippen LogP contribution in [-0.2, 0) is 4.74 Å². The zero-order valence-corrected chi connectivity index (χ0v) is 13.1. The van der Waals surface area contributed by atoms with Gasteiger partial charge in [-0.3, -0.25) is 4.99 Å². The van der Waals surface area contributed by atoms with Crippen molar-refractivity contribution >= 4 is 29.9 Å². The number of nitrogens with zero attached hydrogens (tertiary/aromatic N) is 1. The summed E-state index contributed by atoms with van der Waals surface area (Å²) in [5, 5.41) is 13.4. The third-order valence-electron chi connectivity index (χ3n) is 3.67. The first-order chi connectivity index (χ1) is 8.18. The van der Waals surface area contributed by atoms with Gasteiger partial charge in [-0.1, -0.05) is 12.8 Å². The second kappa shape index (κ2) is 7.49. The van der Waals surface area contributed by atoms with E-state index >= 15 is 0 Å². The molecule has 2 aliphatic rings. The molecule has 0 bridgehead atoms. The van der Waals surface area contributed by atoms with Gasteiger partial charge in [0.25, 0.3) is 0 Å². The Morgan fingerprint density at radius 3 is 2.56 bits per heavy atom. The van der Waals surface area contributed by atoms with Crippen LogP contribution in [0.25, 0.3) is 0 Å². The molecule has 18 heavy (non-hydrogen) atoms. The first-order valence-corrected chi connectivity index (χ1v) is 6.55. The Balaban J connectivity index is 0.00000162. The van der Waals surface area contributed by atoms with Gasteiger partial charge >= 0.3 is 0 Å². The molecular formula is C12H24IN3O2. The van der Waals surface area contributed by atoms with E-state index in [1.54, 1.807) is 0 Å². The van der Waals surface area contributed by atoms with Crippen molar-refractivity contribution in [3.05, 3.63) is 0 Å². The summed E-state index contributed by atoms with van der Waals surface area (Å²) in [6.45, 7) is 1.60. The average Bonchev–Trinajstić information content (AvgIpc) is 2.80. The van der Waals surface area contributed by atoms with Crippen molar-refractivity contribution in [1.29, 1.82) is 0 Å². The molecule has 0 aromatic rings. The molecule has 2 rings (SSSR count). The van der Waals surface area contributed by atoms with Crippen molar-refractivity contribution in [1.82, 2.24) is 5.32 Å². The fourth-order valence-corrected chi connectivity index (χ4v) is 2.47. The number of aliphatic imine (C=N–C) groups is 1. The standard InChI is InChI=1S/C12H23N3O2.HI/c13-11(15-10-3-1-2-4-10)14-9-12(16)5-7-17-8-6-12;/h10,16H,1-9H2,(H3,13,14,15);1H. The summed E-state index contributed by atoms with van der Waals surface area (Å²) in [5.41, 5.74) is 5.10. The van der Waals surface area contributed by atoms with Crippen molar-refractivity contribution in [3.8, 4) is 0 Å². The number of nitrogens with one attached hydrogen (secondary N) is 1. The van der Waals surface area contributed by atoms with E-state index in [1.165, 1.54) is 25.7 Å². The predicted molar refractivity (Wildman–Crippen MR) is 82.3 cm³/mol. The Bertz CT molecular complexity index is 274. The Morgan fingerprint density at radius 1 is 1.33 bits per heavy atom. The van der Waals surface area contributed by atoms with Crippen molar-refractivity contribution in [2.45, 2.75) is 50.2 Å². The molecule has 0 spiro atoms. The number of ether oxygens (including phenoxy) is 1. The molecule has 0 amide bonds. The first kappa shape index (κ1) is 16.0. The molecule has 0 aromatic carbocycles. The number of aliphatic hydroxyl groups is 1. The second-order valence-corrected chi connectivity index (χ2v) is 5.16. The zero-order valence-electron chi connectivity index (χ0n) is 10.7. The van der Waals surface area contributed by atoms with Gasteiger partial charge in [0.15, 0.2) is 5.96 Å². The van der Waals surface area contributed by atoms with E-state index in [1.807, 2.05) is 0 Å². The smallest absolute Gasteiger partial charge is 0.188 e. The fourth-order valence-electron chi connectivity index (χ4n) is 2.47. The van der Waals surface area contributed by atoms with Gasteiger partial charge in [0.1, 0.15) is 0 Å². The molecule has 6 heteroatoms. The summed E-state index contributed by atoms with van der Waals surface area (Å²) in [5.74, 6) is 0.469. The molecule has 1 saturated heterocycles. The van der Waals surface area contributed by atoms with E-state index in [9.17, 15) is 5.11 Å². The summed E-state index contributed by atoms with van der Waals surface area (Å²) in [4.78, 5) is 4.26. The number of hydrogen-bond donors (Lipinski definition) is 3. The largest absolute Gasteiger partial charge is 0.388 e. The van der Waals surface area contributed by atoms with Crippen molar-refractivity contribution in [2.24, 2.45) is 10.7 Å². The lowest BCUT2D eigenvalue weighted by Crippen LogP contribution is -2.42. The third-order valence-corrected chi connectivity index (χ3v) is 3.67. The highest BCUT2D eigenvalue weighted by molar-refractivity contribution is 14.0. The Hall–Kier alpha value is -0.0800. The van der Waals surface area contributed by atoms with E-state index in [4.69, 9.17) is 10.5 Å². The zero-order chi connectivity index (χ0) is 12.1. The van der Waals surface area contributed by atoms with Gasteiger partial charge in [-0.15, -0.1) is 24.0 Å². The second-order valence-electron chi connectivity index (χ2n) is 5.16. The highest BCUT2D eigenvalue weighted by Gasteiger charge is 2.29. The van der Waals surface area contributed by atoms with Crippen molar-refractivity contribution < 1.29 is 9.84 Å². The van der Waals surface area contributed by atoms with Gasteiger partial charge in [-0.05, 0) is 12.8 Å². The van der Waals surface area contributed by atoms with Crippen LogP contribution in [-0.4, -0.2) is 42.5 Å². The third kappa shape index (κ3) is 4.89. The number of nitrogens with two attached hydrogens (primary N) is 1. The summed E-state index contributed by atoms with van der Waals surface area (Å²) >= 11 is 0. The maximum absolute atomic E-state index is 10.2. The summed E-state index contributed by atoms with van der Waals surface area (Å²) in [6, 6.07) is 0.475. The molecule has 4 N–H and O–H groups in total. The minimum atomic E-state index is -0.722. The lowest BCUT2D eigenvalue weighted by molar-refractivity contribution is -0.0565. The van der Waals surface area contributed by atoms with E-state index in [2.05, 4.69) is 10.3 Å². The summed E-state index contributed by atoms with van der Waals surface area (Å²) < 4.78 is 5.22. The minimum Gasteiger partial charge on any atom is -0.388 e. The van der Waals surface area contributed by atoms with E-state index < -0.39 is 5.60 Å². The number of guanidine groups is 1. The van der Waals surface area contributed by atoms with Crippen LogP contribution in [0.3, 0.4) is 0 Å². The van der Waals surface area contributed by atoms with Gasteiger partial charge in [0, 0.05) is 32.1 Å². The Kier molecular flexibility index (Phi) is 6.65. The lowest BCUT2D eigenvalue weighted by Gasteiger charge is -2.30. The molecular weight excluding hydrogens is 345 g/mol.